The molecule has 8 heteroatoms. The molecule has 8 nitrogen and oxygen atoms in total. The smallest absolute Gasteiger partial charge is 0.257 e. The number of phenols is 2. The number of hydrogen-bond donors (Lipinski definition) is 3. The summed E-state index contributed by atoms with van der Waals surface area (Å²) >= 11 is 0. The van der Waals surface area contributed by atoms with Crippen LogP contribution in [0.4, 0.5) is 0 Å². The molecule has 1 aromatic heterocycles. The van der Waals surface area contributed by atoms with Gasteiger partial charge < -0.3 is 29.6 Å². The molecule has 0 aliphatic carbocycles. The summed E-state index contributed by atoms with van der Waals surface area (Å²) < 4.78 is 10.9. The van der Waals surface area contributed by atoms with Crippen molar-refractivity contribution in [1.82, 2.24) is 10.2 Å². The van der Waals surface area contributed by atoms with E-state index in [1.807, 2.05) is 19.0 Å². The molecule has 0 radical (unpaired) electrons. The van der Waals surface area contributed by atoms with Gasteiger partial charge in [0.15, 0.2) is 6.61 Å². The maximum Gasteiger partial charge on any atom is 0.257 e. The molecule has 29 heavy (non-hydrogen) atoms. The van der Waals surface area contributed by atoms with E-state index in [1.165, 1.54) is 30.5 Å². The van der Waals surface area contributed by atoms with Crippen molar-refractivity contribution in [3.05, 3.63) is 52.9 Å². The van der Waals surface area contributed by atoms with E-state index in [0.29, 0.717) is 18.7 Å². The summed E-state index contributed by atoms with van der Waals surface area (Å²) in [6.07, 6.45) is 1.29. The van der Waals surface area contributed by atoms with Crippen LogP contribution in [0.15, 0.2) is 51.9 Å². The number of benzene rings is 2. The lowest BCUT2D eigenvalue weighted by molar-refractivity contribution is -0.123. The lowest BCUT2D eigenvalue weighted by atomic mass is 10.0. The molecule has 0 aliphatic heterocycles. The number of nitrogens with zero attached hydrogens (tertiary/aromatic N) is 1. The van der Waals surface area contributed by atoms with E-state index in [4.69, 9.17) is 9.15 Å². The summed E-state index contributed by atoms with van der Waals surface area (Å²) in [5.74, 6) is -0.317. The SMILES string of the molecule is CN(C)CCNC(=O)COc1cc(O)c2c(=O)c(-c3ccc(O)cc3)coc2c1. The van der Waals surface area contributed by atoms with Gasteiger partial charge in [-0.3, -0.25) is 9.59 Å². The molecule has 152 valence electrons. The van der Waals surface area contributed by atoms with E-state index in [1.54, 1.807) is 12.1 Å². The highest BCUT2D eigenvalue weighted by molar-refractivity contribution is 5.88. The number of amides is 1. The van der Waals surface area contributed by atoms with Crippen LogP contribution in [0.1, 0.15) is 0 Å². The van der Waals surface area contributed by atoms with Crippen molar-refractivity contribution in [2.24, 2.45) is 0 Å². The van der Waals surface area contributed by atoms with Crippen LogP contribution in [0.2, 0.25) is 0 Å². The minimum atomic E-state index is -0.414. The molecule has 3 aromatic rings. The highest BCUT2D eigenvalue weighted by Gasteiger charge is 2.15. The number of phenolic OH excluding ortho intramolecular Hbond substituents is 2. The molecule has 0 bridgehead atoms. The fourth-order valence-electron chi connectivity index (χ4n) is 2.75. The number of aromatic hydroxyl groups is 2. The second kappa shape index (κ2) is 8.66. The van der Waals surface area contributed by atoms with Gasteiger partial charge in [0.25, 0.3) is 5.91 Å². The highest BCUT2D eigenvalue weighted by Crippen LogP contribution is 2.30. The van der Waals surface area contributed by atoms with Crippen molar-refractivity contribution in [3.8, 4) is 28.4 Å². The summed E-state index contributed by atoms with van der Waals surface area (Å²) in [7, 11) is 3.81. The Morgan fingerprint density at radius 2 is 1.90 bits per heavy atom. The fourth-order valence-corrected chi connectivity index (χ4v) is 2.75. The molecule has 0 aliphatic rings. The summed E-state index contributed by atoms with van der Waals surface area (Å²) in [6, 6.07) is 8.80. The number of fused-ring (bicyclic) bond motifs is 1. The van der Waals surface area contributed by atoms with Gasteiger partial charge in [-0.2, -0.15) is 0 Å². The summed E-state index contributed by atoms with van der Waals surface area (Å²) in [4.78, 5) is 26.6. The van der Waals surface area contributed by atoms with Crippen molar-refractivity contribution < 1.29 is 24.2 Å². The van der Waals surface area contributed by atoms with Gasteiger partial charge in [0, 0.05) is 25.2 Å². The predicted octanol–water partition coefficient (Wildman–Crippen LogP) is 1.93. The van der Waals surface area contributed by atoms with Crippen molar-refractivity contribution in [2.75, 3.05) is 33.8 Å². The average Bonchev–Trinajstić information content (AvgIpc) is 2.67. The second-order valence-corrected chi connectivity index (χ2v) is 6.78. The van der Waals surface area contributed by atoms with Gasteiger partial charge in [-0.15, -0.1) is 0 Å². The van der Waals surface area contributed by atoms with Gasteiger partial charge in [-0.25, -0.2) is 0 Å². The molecule has 0 saturated carbocycles. The Morgan fingerprint density at radius 3 is 2.59 bits per heavy atom. The third kappa shape index (κ3) is 4.85. The van der Waals surface area contributed by atoms with Crippen LogP contribution in [-0.4, -0.2) is 54.8 Å². The van der Waals surface area contributed by atoms with Crippen molar-refractivity contribution in [1.29, 1.82) is 0 Å². The van der Waals surface area contributed by atoms with Gasteiger partial charge in [0.2, 0.25) is 5.43 Å². The first-order valence-corrected chi connectivity index (χ1v) is 8.97. The second-order valence-electron chi connectivity index (χ2n) is 6.78. The molecule has 3 N–H and O–H groups in total. The maximum atomic E-state index is 12.8. The van der Waals surface area contributed by atoms with Crippen LogP contribution < -0.4 is 15.5 Å². The zero-order valence-corrected chi connectivity index (χ0v) is 16.1. The van der Waals surface area contributed by atoms with Crippen LogP contribution in [0.25, 0.3) is 22.1 Å². The Morgan fingerprint density at radius 1 is 1.17 bits per heavy atom. The summed E-state index contributed by atoms with van der Waals surface area (Å²) in [5, 5.41) is 22.5. The van der Waals surface area contributed by atoms with Crippen molar-refractivity contribution in [2.45, 2.75) is 0 Å². The molecule has 3 rings (SSSR count). The van der Waals surface area contributed by atoms with E-state index < -0.39 is 5.43 Å². The first-order valence-electron chi connectivity index (χ1n) is 8.97. The zero-order chi connectivity index (χ0) is 21.0. The monoisotopic (exact) mass is 398 g/mol. The Bertz CT molecular complexity index is 1070. The minimum Gasteiger partial charge on any atom is -0.508 e. The Hall–Kier alpha value is -3.52. The molecule has 0 saturated heterocycles. The number of carbonyl (C=O) groups is 1. The quantitative estimate of drug-likeness (QED) is 0.557. The topological polar surface area (TPSA) is 112 Å². The van der Waals surface area contributed by atoms with Crippen LogP contribution in [-0.2, 0) is 4.79 Å². The van der Waals surface area contributed by atoms with E-state index in [2.05, 4.69) is 5.32 Å². The van der Waals surface area contributed by atoms with E-state index >= 15 is 0 Å². The zero-order valence-electron chi connectivity index (χ0n) is 16.1. The minimum absolute atomic E-state index is 0.0124. The van der Waals surface area contributed by atoms with Crippen molar-refractivity contribution >= 4 is 16.9 Å². The lowest BCUT2D eigenvalue weighted by Gasteiger charge is -2.11. The van der Waals surface area contributed by atoms with Crippen LogP contribution >= 0.6 is 0 Å². The molecular formula is C21H22N2O6. The standard InChI is InChI=1S/C21H22N2O6/c1-23(2)8-7-22-19(26)12-28-15-9-17(25)20-18(10-15)29-11-16(21(20)27)13-3-5-14(24)6-4-13/h3-6,9-11,24-25H,7-8,12H2,1-2H3,(H,22,26). The number of ether oxygens (including phenoxy) is 1. The average molecular weight is 398 g/mol. The van der Waals surface area contributed by atoms with Gasteiger partial charge in [0.05, 0.1) is 5.56 Å². The Balaban J connectivity index is 1.79. The van der Waals surface area contributed by atoms with Crippen molar-refractivity contribution in [3.63, 3.8) is 0 Å². The fraction of sp³-hybridized carbons (Fsp3) is 0.238. The van der Waals surface area contributed by atoms with E-state index in [9.17, 15) is 19.8 Å². The van der Waals surface area contributed by atoms with E-state index in [-0.39, 0.29) is 46.3 Å². The van der Waals surface area contributed by atoms with E-state index in [0.717, 1.165) is 0 Å². The first kappa shape index (κ1) is 20.2. The molecule has 0 unspecified atom stereocenters. The third-order valence-electron chi connectivity index (χ3n) is 4.26. The maximum absolute atomic E-state index is 12.8. The molecule has 2 aromatic carbocycles. The predicted molar refractivity (Wildman–Crippen MR) is 108 cm³/mol. The summed E-state index contributed by atoms with van der Waals surface area (Å²) in [6.45, 7) is 0.971. The molecule has 0 spiro atoms. The highest BCUT2D eigenvalue weighted by atomic mass is 16.5. The molecular weight excluding hydrogens is 376 g/mol. The number of rotatable bonds is 7. The molecule has 1 amide bonds. The third-order valence-corrected chi connectivity index (χ3v) is 4.26. The number of likely N-dealkylation sites (N-methyl/N-ethyl adjacent to an activating group) is 1. The normalized spacial score (nSPS) is 11.0. The van der Waals surface area contributed by atoms with Crippen LogP contribution in [0, 0.1) is 0 Å². The Labute approximate surface area is 166 Å². The lowest BCUT2D eigenvalue weighted by Crippen LogP contribution is -2.34. The number of hydrogen-bond acceptors (Lipinski definition) is 7. The van der Waals surface area contributed by atoms with Gasteiger partial charge in [0.1, 0.15) is 34.5 Å². The number of carbonyl (C=O) groups excluding carboxylic acids is 1. The van der Waals surface area contributed by atoms with Crippen LogP contribution in [0.5, 0.6) is 17.2 Å². The van der Waals surface area contributed by atoms with Gasteiger partial charge in [-0.1, -0.05) is 12.1 Å². The van der Waals surface area contributed by atoms with Crippen LogP contribution in [0.3, 0.4) is 0 Å². The largest absolute Gasteiger partial charge is 0.508 e. The molecule has 0 fully saturated rings. The molecule has 1 heterocycles. The Kier molecular flexibility index (Phi) is 6.04. The summed E-state index contributed by atoms with van der Waals surface area (Å²) in [5.41, 5.74) is 0.525. The van der Waals surface area contributed by atoms with Gasteiger partial charge >= 0.3 is 0 Å². The van der Waals surface area contributed by atoms with Gasteiger partial charge in [-0.05, 0) is 31.8 Å². The first-order chi connectivity index (χ1) is 13.8. The molecule has 0 atom stereocenters. The number of nitrogens with one attached hydrogen (secondary N) is 1.